The number of nitrogens with zero attached hydrogens (tertiary/aromatic N) is 1. The summed E-state index contributed by atoms with van der Waals surface area (Å²) in [5, 5.41) is 6.15. The predicted molar refractivity (Wildman–Crippen MR) is 91.1 cm³/mol. The van der Waals surface area contributed by atoms with Gasteiger partial charge in [0.15, 0.2) is 5.96 Å². The first-order valence-electron chi connectivity index (χ1n) is 7.83. The summed E-state index contributed by atoms with van der Waals surface area (Å²) in [5.41, 5.74) is 0.215. The highest BCUT2D eigenvalue weighted by Gasteiger charge is 2.04. The van der Waals surface area contributed by atoms with Gasteiger partial charge in [0.25, 0.3) is 0 Å². The highest BCUT2D eigenvalue weighted by molar-refractivity contribution is 5.79. The first-order valence-corrected chi connectivity index (χ1v) is 7.83. The average molecular weight is 333 g/mol. The maximum Gasteiger partial charge on any atom is 0.191 e. The molecule has 6 heteroatoms. The summed E-state index contributed by atoms with van der Waals surface area (Å²) in [4.78, 5) is 4.26. The third-order valence-corrected chi connectivity index (χ3v) is 3.17. The molecule has 0 amide bonds. The molecule has 2 N–H and O–H groups in total. The van der Waals surface area contributed by atoms with Crippen molar-refractivity contribution in [1.29, 1.82) is 0 Å². The van der Waals surface area contributed by atoms with Crippen molar-refractivity contribution in [3.8, 4) is 5.75 Å². The van der Waals surface area contributed by atoms with Gasteiger partial charge in [-0.2, -0.15) is 0 Å². The predicted octanol–water partition coefficient (Wildman–Crippen LogP) is 3.10. The second-order valence-corrected chi connectivity index (χ2v) is 5.02. The Balaban J connectivity index is 1.85. The quantitative estimate of drug-likeness (QED) is 0.465. The number of halogens is 2. The number of guanidine groups is 1. The average Bonchev–Trinajstić information content (AvgIpc) is 2.60. The monoisotopic (exact) mass is 333 g/mol. The van der Waals surface area contributed by atoms with Crippen LogP contribution in [0.3, 0.4) is 0 Å². The zero-order valence-electron chi connectivity index (χ0n) is 13.6. The molecule has 0 unspecified atom stereocenters. The summed E-state index contributed by atoms with van der Waals surface area (Å²) in [5.74, 6) is 0.375. The molecule has 24 heavy (non-hydrogen) atoms. The van der Waals surface area contributed by atoms with Crippen LogP contribution in [0.5, 0.6) is 5.75 Å². The number of aliphatic imine (C=N–C) groups is 1. The van der Waals surface area contributed by atoms with Crippen LogP contribution in [0.2, 0.25) is 0 Å². The Morgan fingerprint density at radius 2 is 1.88 bits per heavy atom. The van der Waals surface area contributed by atoms with Crippen LogP contribution in [0.25, 0.3) is 0 Å². The lowest BCUT2D eigenvalue weighted by Crippen LogP contribution is -2.39. The first kappa shape index (κ1) is 17.7. The van der Waals surface area contributed by atoms with Crippen LogP contribution in [-0.4, -0.2) is 25.7 Å². The number of hydrogen-bond donors (Lipinski definition) is 2. The molecule has 0 fully saturated rings. The largest absolute Gasteiger partial charge is 0.492 e. The van der Waals surface area contributed by atoms with E-state index in [9.17, 15) is 8.78 Å². The minimum Gasteiger partial charge on any atom is -0.492 e. The Morgan fingerprint density at radius 3 is 2.62 bits per heavy atom. The molecule has 0 saturated heterocycles. The summed E-state index contributed by atoms with van der Waals surface area (Å²) < 4.78 is 32.3. The molecule has 0 aliphatic carbocycles. The molecule has 128 valence electrons. The number of rotatable bonds is 7. The van der Waals surface area contributed by atoms with E-state index in [1.54, 1.807) is 0 Å². The second kappa shape index (κ2) is 9.50. The maximum absolute atomic E-state index is 13.6. The Bertz CT molecular complexity index is 663. The molecule has 0 aliphatic rings. The molecule has 0 bridgehead atoms. The molecule has 2 aromatic rings. The van der Waals surface area contributed by atoms with Gasteiger partial charge < -0.3 is 15.4 Å². The van der Waals surface area contributed by atoms with Crippen molar-refractivity contribution in [2.24, 2.45) is 4.99 Å². The van der Waals surface area contributed by atoms with Gasteiger partial charge >= 0.3 is 0 Å². The zero-order valence-corrected chi connectivity index (χ0v) is 13.6. The van der Waals surface area contributed by atoms with Crippen LogP contribution in [0.4, 0.5) is 8.78 Å². The van der Waals surface area contributed by atoms with E-state index in [0.29, 0.717) is 25.7 Å². The van der Waals surface area contributed by atoms with E-state index in [1.807, 2.05) is 37.3 Å². The summed E-state index contributed by atoms with van der Waals surface area (Å²) >= 11 is 0. The molecule has 0 spiro atoms. The Hall–Kier alpha value is -2.63. The van der Waals surface area contributed by atoms with Gasteiger partial charge in [0.05, 0.1) is 13.1 Å². The summed E-state index contributed by atoms with van der Waals surface area (Å²) in [6.07, 6.45) is 0. The molecular formula is C18H21F2N3O. The molecule has 4 nitrogen and oxygen atoms in total. The van der Waals surface area contributed by atoms with Crippen molar-refractivity contribution in [3.05, 3.63) is 65.7 Å². The highest BCUT2D eigenvalue weighted by Crippen LogP contribution is 2.10. The minimum atomic E-state index is -0.476. The number of hydrogen-bond acceptors (Lipinski definition) is 2. The van der Waals surface area contributed by atoms with Gasteiger partial charge in [0.1, 0.15) is 24.0 Å². The van der Waals surface area contributed by atoms with Gasteiger partial charge in [0, 0.05) is 12.1 Å². The van der Waals surface area contributed by atoms with Gasteiger partial charge in [-0.05, 0) is 37.3 Å². The fraction of sp³-hybridized carbons (Fsp3) is 0.278. The van der Waals surface area contributed by atoms with E-state index in [1.165, 1.54) is 0 Å². The Morgan fingerprint density at radius 1 is 1.08 bits per heavy atom. The van der Waals surface area contributed by atoms with E-state index >= 15 is 0 Å². The molecule has 2 aromatic carbocycles. The molecule has 0 heterocycles. The lowest BCUT2D eigenvalue weighted by molar-refractivity contribution is 0.322. The lowest BCUT2D eigenvalue weighted by atomic mass is 10.2. The summed E-state index contributed by atoms with van der Waals surface area (Å²) in [7, 11) is 0. The molecular weight excluding hydrogens is 312 g/mol. The molecule has 0 radical (unpaired) electrons. The van der Waals surface area contributed by atoms with Gasteiger partial charge in [0.2, 0.25) is 0 Å². The minimum absolute atomic E-state index is 0.0540. The molecule has 0 saturated carbocycles. The van der Waals surface area contributed by atoms with E-state index in [4.69, 9.17) is 4.74 Å². The van der Waals surface area contributed by atoms with Crippen molar-refractivity contribution in [2.45, 2.75) is 13.5 Å². The van der Waals surface area contributed by atoms with Crippen molar-refractivity contribution in [2.75, 3.05) is 19.7 Å². The van der Waals surface area contributed by atoms with Crippen LogP contribution < -0.4 is 15.4 Å². The van der Waals surface area contributed by atoms with Crippen LogP contribution in [0, 0.1) is 11.6 Å². The molecule has 2 rings (SSSR count). The first-order chi connectivity index (χ1) is 11.7. The summed E-state index contributed by atoms with van der Waals surface area (Å²) in [6, 6.07) is 12.8. The SMILES string of the molecule is CCNC(=NCc1cc(F)ccc1F)NCCOc1ccccc1. The topological polar surface area (TPSA) is 45.7 Å². The molecule has 0 aliphatic heterocycles. The van der Waals surface area contributed by atoms with Crippen LogP contribution in [-0.2, 0) is 6.54 Å². The number of para-hydroxylation sites is 1. The van der Waals surface area contributed by atoms with Crippen molar-refractivity contribution >= 4 is 5.96 Å². The van der Waals surface area contributed by atoms with Crippen molar-refractivity contribution in [3.63, 3.8) is 0 Å². The molecule has 0 atom stereocenters. The van der Waals surface area contributed by atoms with Crippen LogP contribution in [0.1, 0.15) is 12.5 Å². The van der Waals surface area contributed by atoms with Crippen molar-refractivity contribution in [1.82, 2.24) is 10.6 Å². The fourth-order valence-corrected chi connectivity index (χ4v) is 2.03. The van der Waals surface area contributed by atoms with E-state index in [0.717, 1.165) is 23.9 Å². The summed E-state index contributed by atoms with van der Waals surface area (Å²) in [6.45, 7) is 3.64. The van der Waals surface area contributed by atoms with Gasteiger partial charge in [-0.3, -0.25) is 0 Å². The standard InChI is InChI=1S/C18H21F2N3O/c1-2-21-18(22-10-11-24-16-6-4-3-5-7-16)23-13-14-12-15(19)8-9-17(14)20/h3-9,12H,2,10-11,13H2,1H3,(H2,21,22,23). The number of benzene rings is 2. The second-order valence-electron chi connectivity index (χ2n) is 5.02. The zero-order chi connectivity index (χ0) is 17.2. The van der Waals surface area contributed by atoms with E-state index in [-0.39, 0.29) is 12.1 Å². The fourth-order valence-electron chi connectivity index (χ4n) is 2.03. The van der Waals surface area contributed by atoms with E-state index < -0.39 is 11.6 Å². The number of nitrogens with one attached hydrogen (secondary N) is 2. The van der Waals surface area contributed by atoms with Crippen LogP contribution in [0.15, 0.2) is 53.5 Å². The van der Waals surface area contributed by atoms with Crippen LogP contribution >= 0.6 is 0 Å². The van der Waals surface area contributed by atoms with Gasteiger partial charge in [-0.15, -0.1) is 0 Å². The number of ether oxygens (including phenoxy) is 1. The molecule has 0 aromatic heterocycles. The lowest BCUT2D eigenvalue weighted by Gasteiger charge is -2.12. The van der Waals surface area contributed by atoms with Gasteiger partial charge in [-0.25, -0.2) is 13.8 Å². The Labute approximate surface area is 140 Å². The van der Waals surface area contributed by atoms with Gasteiger partial charge in [-0.1, -0.05) is 18.2 Å². The maximum atomic E-state index is 13.6. The smallest absolute Gasteiger partial charge is 0.191 e. The third kappa shape index (κ3) is 5.87. The third-order valence-electron chi connectivity index (χ3n) is 3.17. The Kier molecular flexibility index (Phi) is 7.01. The van der Waals surface area contributed by atoms with E-state index in [2.05, 4.69) is 15.6 Å². The van der Waals surface area contributed by atoms with Crippen molar-refractivity contribution < 1.29 is 13.5 Å². The normalized spacial score (nSPS) is 11.2. The highest BCUT2D eigenvalue weighted by atomic mass is 19.1.